The van der Waals surface area contributed by atoms with Gasteiger partial charge < -0.3 is 19.9 Å². The summed E-state index contributed by atoms with van der Waals surface area (Å²) in [7, 11) is 1.70. The fraction of sp³-hybridized carbons (Fsp3) is 0.474. The molecule has 6 nitrogen and oxygen atoms in total. The van der Waals surface area contributed by atoms with Crippen molar-refractivity contribution in [2.45, 2.75) is 39.9 Å². The second-order valence-corrected chi connectivity index (χ2v) is 6.12. The Morgan fingerprint density at radius 1 is 1.36 bits per heavy atom. The van der Waals surface area contributed by atoms with Crippen LogP contribution in [0.1, 0.15) is 30.8 Å². The van der Waals surface area contributed by atoms with Gasteiger partial charge in [0, 0.05) is 38.6 Å². The molecule has 2 aromatic rings. The molecule has 1 unspecified atom stereocenters. The van der Waals surface area contributed by atoms with Gasteiger partial charge in [0.05, 0.1) is 13.2 Å². The van der Waals surface area contributed by atoms with Crippen molar-refractivity contribution in [2.24, 2.45) is 4.99 Å². The van der Waals surface area contributed by atoms with Gasteiger partial charge in [0.1, 0.15) is 5.82 Å². The maximum Gasteiger partial charge on any atom is 0.191 e. The molecule has 1 heterocycles. The summed E-state index contributed by atoms with van der Waals surface area (Å²) in [6.07, 6.45) is 3.84. The molecule has 1 aromatic heterocycles. The third-order valence-corrected chi connectivity index (χ3v) is 3.83. The Morgan fingerprint density at radius 3 is 2.84 bits per heavy atom. The number of aryl methyl sites for hydroxylation is 1. The van der Waals surface area contributed by atoms with Crippen LogP contribution >= 0.6 is 0 Å². The first-order valence-corrected chi connectivity index (χ1v) is 8.71. The summed E-state index contributed by atoms with van der Waals surface area (Å²) in [4.78, 5) is 8.95. The van der Waals surface area contributed by atoms with Gasteiger partial charge in [-0.3, -0.25) is 0 Å². The van der Waals surface area contributed by atoms with Crippen molar-refractivity contribution in [1.82, 2.24) is 20.2 Å². The summed E-state index contributed by atoms with van der Waals surface area (Å²) in [6, 6.07) is 8.73. The molecule has 1 atom stereocenters. The van der Waals surface area contributed by atoms with E-state index in [2.05, 4.69) is 63.3 Å². The maximum absolute atomic E-state index is 5.17. The van der Waals surface area contributed by atoms with Crippen molar-refractivity contribution in [3.63, 3.8) is 0 Å². The third kappa shape index (κ3) is 6.23. The van der Waals surface area contributed by atoms with Gasteiger partial charge in [-0.15, -0.1) is 0 Å². The number of nitrogens with zero attached hydrogens (tertiary/aromatic N) is 3. The molecule has 2 N–H and O–H groups in total. The number of hydrogen-bond acceptors (Lipinski definition) is 3. The van der Waals surface area contributed by atoms with E-state index in [1.165, 1.54) is 11.1 Å². The van der Waals surface area contributed by atoms with Crippen LogP contribution in [0.25, 0.3) is 0 Å². The molecule has 0 saturated heterocycles. The van der Waals surface area contributed by atoms with Crippen LogP contribution < -0.4 is 10.6 Å². The Balaban J connectivity index is 2.02. The first-order chi connectivity index (χ1) is 12.1. The number of benzene rings is 1. The zero-order valence-corrected chi connectivity index (χ0v) is 15.6. The van der Waals surface area contributed by atoms with Crippen molar-refractivity contribution in [2.75, 3.05) is 20.3 Å². The number of aromatic nitrogens is 2. The second kappa shape index (κ2) is 9.84. The molecule has 0 spiro atoms. The number of hydrogen-bond donors (Lipinski definition) is 2. The number of rotatable bonds is 8. The van der Waals surface area contributed by atoms with E-state index in [1.807, 2.05) is 19.3 Å². The fourth-order valence-corrected chi connectivity index (χ4v) is 2.61. The van der Waals surface area contributed by atoms with Crippen LogP contribution in [0.4, 0.5) is 0 Å². The van der Waals surface area contributed by atoms with E-state index in [9.17, 15) is 0 Å². The Hall–Kier alpha value is -2.34. The third-order valence-electron chi connectivity index (χ3n) is 3.83. The topological polar surface area (TPSA) is 63.5 Å². The molecule has 1 aromatic carbocycles. The van der Waals surface area contributed by atoms with E-state index in [0.717, 1.165) is 24.9 Å². The molecule has 0 fully saturated rings. The number of ether oxygens (including phenoxy) is 1. The van der Waals surface area contributed by atoms with Crippen molar-refractivity contribution in [3.05, 3.63) is 53.6 Å². The lowest BCUT2D eigenvalue weighted by Crippen LogP contribution is -2.43. The molecule has 0 aliphatic rings. The van der Waals surface area contributed by atoms with Crippen molar-refractivity contribution >= 4 is 5.96 Å². The van der Waals surface area contributed by atoms with Gasteiger partial charge in [0.15, 0.2) is 5.96 Å². The number of guanidine groups is 1. The first-order valence-electron chi connectivity index (χ1n) is 8.71. The summed E-state index contributed by atoms with van der Waals surface area (Å²) in [5.74, 6) is 1.83. The molecule has 2 rings (SSSR count). The lowest BCUT2D eigenvalue weighted by molar-refractivity contribution is 0.179. The highest BCUT2D eigenvalue weighted by atomic mass is 16.5. The van der Waals surface area contributed by atoms with Crippen LogP contribution in [0.2, 0.25) is 0 Å². The van der Waals surface area contributed by atoms with Crippen LogP contribution in [0, 0.1) is 6.92 Å². The van der Waals surface area contributed by atoms with Crippen molar-refractivity contribution < 1.29 is 4.74 Å². The zero-order valence-electron chi connectivity index (χ0n) is 15.6. The van der Waals surface area contributed by atoms with Gasteiger partial charge in [-0.25, -0.2) is 9.98 Å². The van der Waals surface area contributed by atoms with Crippen molar-refractivity contribution in [1.29, 1.82) is 0 Å². The van der Waals surface area contributed by atoms with Gasteiger partial charge in [-0.2, -0.15) is 0 Å². The largest absolute Gasteiger partial charge is 0.383 e. The van der Waals surface area contributed by atoms with Crippen LogP contribution in [0.5, 0.6) is 0 Å². The molecule has 0 bridgehead atoms. The quantitative estimate of drug-likeness (QED) is 0.570. The van der Waals surface area contributed by atoms with Gasteiger partial charge in [0.2, 0.25) is 0 Å². The predicted molar refractivity (Wildman–Crippen MR) is 102 cm³/mol. The van der Waals surface area contributed by atoms with Crippen LogP contribution in [0.15, 0.2) is 41.7 Å². The Kier molecular flexibility index (Phi) is 7.47. The summed E-state index contributed by atoms with van der Waals surface area (Å²) in [6.45, 7) is 9.08. The average molecular weight is 343 g/mol. The van der Waals surface area contributed by atoms with E-state index in [1.54, 1.807) is 7.11 Å². The van der Waals surface area contributed by atoms with Gasteiger partial charge in [-0.05, 0) is 31.9 Å². The van der Waals surface area contributed by atoms with Gasteiger partial charge in [-0.1, -0.05) is 24.3 Å². The summed E-state index contributed by atoms with van der Waals surface area (Å²) in [5, 5.41) is 6.62. The van der Waals surface area contributed by atoms with Gasteiger partial charge in [0.25, 0.3) is 0 Å². The summed E-state index contributed by atoms with van der Waals surface area (Å²) < 4.78 is 7.31. The van der Waals surface area contributed by atoms with E-state index in [-0.39, 0.29) is 6.04 Å². The molecule has 0 aliphatic heterocycles. The average Bonchev–Trinajstić information content (AvgIpc) is 2.98. The number of imidazole rings is 1. The monoisotopic (exact) mass is 343 g/mol. The van der Waals surface area contributed by atoms with E-state index < -0.39 is 0 Å². The highest BCUT2D eigenvalue weighted by molar-refractivity contribution is 5.80. The minimum Gasteiger partial charge on any atom is -0.383 e. The molecule has 136 valence electrons. The van der Waals surface area contributed by atoms with Gasteiger partial charge >= 0.3 is 0 Å². The van der Waals surface area contributed by atoms with E-state index >= 15 is 0 Å². The molecule has 0 aliphatic carbocycles. The Bertz CT molecular complexity index is 680. The Labute approximate surface area is 150 Å². The lowest BCUT2D eigenvalue weighted by Gasteiger charge is -2.17. The minimum atomic E-state index is 0.207. The molecular formula is C19H29N5O. The smallest absolute Gasteiger partial charge is 0.191 e. The molecule has 6 heteroatoms. The maximum atomic E-state index is 5.17. The zero-order chi connectivity index (χ0) is 18.1. The standard InChI is InChI=1S/C19H29N5O/c1-5-20-19(23-15(2)14-25-4)22-12-17-7-6-8-18(11-17)13-24-10-9-21-16(24)3/h6-11,15H,5,12-14H2,1-4H3,(H2,20,22,23). The summed E-state index contributed by atoms with van der Waals surface area (Å²) >= 11 is 0. The van der Waals surface area contributed by atoms with E-state index in [0.29, 0.717) is 13.2 Å². The predicted octanol–water partition coefficient (Wildman–Crippen LogP) is 2.33. The molecular weight excluding hydrogens is 314 g/mol. The molecule has 0 amide bonds. The molecule has 25 heavy (non-hydrogen) atoms. The Morgan fingerprint density at radius 2 is 2.16 bits per heavy atom. The molecule has 0 radical (unpaired) electrons. The first kappa shape index (κ1) is 19.0. The number of methoxy groups -OCH3 is 1. The van der Waals surface area contributed by atoms with E-state index in [4.69, 9.17) is 4.74 Å². The van der Waals surface area contributed by atoms with Crippen LogP contribution in [-0.2, 0) is 17.8 Å². The highest BCUT2D eigenvalue weighted by Crippen LogP contribution is 2.09. The van der Waals surface area contributed by atoms with Crippen LogP contribution in [-0.4, -0.2) is 41.8 Å². The fourth-order valence-electron chi connectivity index (χ4n) is 2.61. The summed E-state index contributed by atoms with van der Waals surface area (Å²) in [5.41, 5.74) is 2.44. The number of aliphatic imine (C=N–C) groups is 1. The lowest BCUT2D eigenvalue weighted by atomic mass is 10.1. The molecule has 0 saturated carbocycles. The van der Waals surface area contributed by atoms with Crippen molar-refractivity contribution in [3.8, 4) is 0 Å². The van der Waals surface area contributed by atoms with Crippen LogP contribution in [0.3, 0.4) is 0 Å². The normalized spacial score (nSPS) is 12.9. The SMILES string of the molecule is CCNC(=NCc1cccc(Cn2ccnc2C)c1)NC(C)COC. The highest BCUT2D eigenvalue weighted by Gasteiger charge is 2.05. The second-order valence-electron chi connectivity index (χ2n) is 6.12. The number of nitrogens with one attached hydrogen (secondary N) is 2. The minimum absolute atomic E-state index is 0.207.